The lowest BCUT2D eigenvalue weighted by Crippen LogP contribution is -2.22. The van der Waals surface area contributed by atoms with E-state index in [0.717, 1.165) is 23.9 Å². The van der Waals surface area contributed by atoms with Crippen LogP contribution in [0.3, 0.4) is 0 Å². The van der Waals surface area contributed by atoms with Crippen molar-refractivity contribution in [2.75, 3.05) is 6.61 Å². The molecule has 128 valence electrons. The molecule has 1 N–H and O–H groups in total. The maximum absolute atomic E-state index is 9.41. The van der Waals surface area contributed by atoms with Crippen molar-refractivity contribution >= 4 is 22.6 Å². The first-order valence-electron chi connectivity index (χ1n) is 8.36. The van der Waals surface area contributed by atoms with E-state index in [2.05, 4.69) is 22.1 Å². The highest BCUT2D eigenvalue weighted by Crippen LogP contribution is 2.40. The molecular weight excluding hydrogens is 326 g/mol. The zero-order valence-corrected chi connectivity index (χ0v) is 14.5. The van der Waals surface area contributed by atoms with Crippen molar-refractivity contribution < 1.29 is 9.84 Å². The lowest BCUT2D eigenvalue weighted by atomic mass is 9.98. The zero-order chi connectivity index (χ0) is 17.1. The predicted octanol–water partition coefficient (Wildman–Crippen LogP) is 3.66. The third kappa shape index (κ3) is 3.27. The summed E-state index contributed by atoms with van der Waals surface area (Å²) < 4.78 is 7.88. The van der Waals surface area contributed by atoms with Gasteiger partial charge in [-0.1, -0.05) is 24.4 Å². The maximum Gasteiger partial charge on any atom is 0.147 e. The van der Waals surface area contributed by atoms with Gasteiger partial charge in [-0.05, 0) is 31.2 Å². The topological polar surface area (TPSA) is 60.2 Å². The number of aliphatic hydroxyl groups is 1. The van der Waals surface area contributed by atoms with Gasteiger partial charge in [-0.2, -0.15) is 0 Å². The van der Waals surface area contributed by atoms with Crippen LogP contribution in [0.2, 0.25) is 5.15 Å². The number of rotatable bonds is 6. The van der Waals surface area contributed by atoms with Crippen LogP contribution in [0.5, 0.6) is 0 Å². The summed E-state index contributed by atoms with van der Waals surface area (Å²) in [5.41, 5.74) is 1.96. The Morgan fingerprint density at radius 2 is 2.21 bits per heavy atom. The third-order valence-electron chi connectivity index (χ3n) is 4.72. The van der Waals surface area contributed by atoms with Crippen LogP contribution >= 0.6 is 11.6 Å². The van der Waals surface area contributed by atoms with Gasteiger partial charge in [-0.15, -0.1) is 12.3 Å². The van der Waals surface area contributed by atoms with Gasteiger partial charge in [0, 0.05) is 12.6 Å². The van der Waals surface area contributed by atoms with E-state index < -0.39 is 6.10 Å². The molecule has 0 radical (unpaired) electrons. The van der Waals surface area contributed by atoms with Gasteiger partial charge in [0.05, 0.1) is 18.1 Å². The molecule has 1 fully saturated rings. The summed E-state index contributed by atoms with van der Waals surface area (Å²) in [4.78, 5) is 8.57. The summed E-state index contributed by atoms with van der Waals surface area (Å²) >= 11 is 6.37. The van der Waals surface area contributed by atoms with Crippen LogP contribution in [0.25, 0.3) is 11.0 Å². The van der Waals surface area contributed by atoms with Gasteiger partial charge in [-0.3, -0.25) is 0 Å². The van der Waals surface area contributed by atoms with Gasteiger partial charge < -0.3 is 14.4 Å². The quantitative estimate of drug-likeness (QED) is 0.640. The fourth-order valence-electron chi connectivity index (χ4n) is 3.53. The fraction of sp³-hybridized carbons (Fsp3) is 0.556. The summed E-state index contributed by atoms with van der Waals surface area (Å²) in [5.74, 6) is 3.02. The molecule has 5 nitrogen and oxygen atoms in total. The first-order valence-corrected chi connectivity index (χ1v) is 8.74. The predicted molar refractivity (Wildman–Crippen MR) is 93.9 cm³/mol. The van der Waals surface area contributed by atoms with Crippen LogP contribution in [-0.2, 0) is 4.74 Å². The minimum absolute atomic E-state index is 0.112. The van der Waals surface area contributed by atoms with E-state index in [9.17, 15) is 5.11 Å². The second kappa shape index (κ2) is 7.52. The third-order valence-corrected chi connectivity index (χ3v) is 5.00. The van der Waals surface area contributed by atoms with E-state index in [1.54, 1.807) is 0 Å². The Labute approximate surface area is 147 Å². The molecule has 1 aliphatic carbocycles. The molecule has 24 heavy (non-hydrogen) atoms. The molecule has 3 rings (SSSR count). The van der Waals surface area contributed by atoms with E-state index in [0.29, 0.717) is 17.5 Å². The van der Waals surface area contributed by atoms with Crippen LogP contribution in [-0.4, -0.2) is 32.4 Å². The first-order chi connectivity index (χ1) is 11.7. The first kappa shape index (κ1) is 17.2. The summed E-state index contributed by atoms with van der Waals surface area (Å²) in [7, 11) is 0. The Bertz CT molecular complexity index is 747. The van der Waals surface area contributed by atoms with Crippen molar-refractivity contribution in [3.63, 3.8) is 0 Å². The van der Waals surface area contributed by atoms with E-state index >= 15 is 0 Å². The Hall–Kier alpha value is -1.61. The molecule has 0 aromatic carbocycles. The number of hydrogen-bond acceptors (Lipinski definition) is 4. The highest BCUT2D eigenvalue weighted by molar-refractivity contribution is 6.34. The van der Waals surface area contributed by atoms with Gasteiger partial charge >= 0.3 is 0 Å². The smallest absolute Gasteiger partial charge is 0.147 e. The standard InChI is InChI=1S/C18H22ClN3O2/c1-3-6-14(10-23)24-12(2)22-9-15(13-7-4-5-8-13)16-17(19)20-11-21-18(16)22/h1,9,11-14,23H,4-8,10H2,2H3/t12-,14+/m1/s1. The average Bonchev–Trinajstić information content (AvgIpc) is 3.22. The SMILES string of the molecule is C#CC[C@@H](CO)O[C@H](C)n1cc(C2CCCC2)c2c(Cl)ncnc21. The van der Waals surface area contributed by atoms with E-state index in [1.807, 2.05) is 11.5 Å². The maximum atomic E-state index is 9.41. The number of ether oxygens (including phenoxy) is 1. The van der Waals surface area contributed by atoms with E-state index in [1.165, 1.54) is 24.7 Å². The molecule has 0 aliphatic heterocycles. The Balaban J connectivity index is 1.98. The molecule has 0 unspecified atom stereocenters. The van der Waals surface area contributed by atoms with E-state index in [-0.39, 0.29) is 12.8 Å². The van der Waals surface area contributed by atoms with Crippen LogP contribution < -0.4 is 0 Å². The molecule has 2 aromatic heterocycles. The molecule has 0 bridgehead atoms. The lowest BCUT2D eigenvalue weighted by Gasteiger charge is -2.21. The molecule has 2 atom stereocenters. The van der Waals surface area contributed by atoms with Gasteiger partial charge in [0.25, 0.3) is 0 Å². The zero-order valence-electron chi connectivity index (χ0n) is 13.8. The summed E-state index contributed by atoms with van der Waals surface area (Å²) in [6.45, 7) is 1.81. The summed E-state index contributed by atoms with van der Waals surface area (Å²) in [6.07, 6.45) is 13.4. The molecule has 2 aromatic rings. The molecule has 0 saturated heterocycles. The molecule has 0 amide bonds. The van der Waals surface area contributed by atoms with Crippen LogP contribution in [0.1, 0.15) is 56.7 Å². The highest BCUT2D eigenvalue weighted by atomic mass is 35.5. The minimum Gasteiger partial charge on any atom is -0.394 e. The number of nitrogens with zero attached hydrogens (tertiary/aromatic N) is 3. The van der Waals surface area contributed by atoms with Crippen molar-refractivity contribution in [2.24, 2.45) is 0 Å². The summed E-state index contributed by atoms with van der Waals surface area (Å²) in [5, 5.41) is 10.8. The van der Waals surface area contributed by atoms with Crippen molar-refractivity contribution in [3.05, 3.63) is 23.2 Å². The fourth-order valence-corrected chi connectivity index (χ4v) is 3.77. The van der Waals surface area contributed by atoms with Crippen LogP contribution in [0.4, 0.5) is 0 Å². The molecule has 0 spiro atoms. The van der Waals surface area contributed by atoms with Crippen molar-refractivity contribution in [1.82, 2.24) is 14.5 Å². The molecular formula is C18H22ClN3O2. The Morgan fingerprint density at radius 1 is 1.46 bits per heavy atom. The monoisotopic (exact) mass is 347 g/mol. The van der Waals surface area contributed by atoms with Gasteiger partial charge in [0.1, 0.15) is 23.4 Å². The van der Waals surface area contributed by atoms with Gasteiger partial charge in [0.2, 0.25) is 0 Å². The molecule has 2 heterocycles. The summed E-state index contributed by atoms with van der Waals surface area (Å²) in [6, 6.07) is 0. The lowest BCUT2D eigenvalue weighted by molar-refractivity contribution is -0.0606. The second-order valence-electron chi connectivity index (χ2n) is 6.28. The van der Waals surface area contributed by atoms with Crippen molar-refractivity contribution in [3.8, 4) is 12.3 Å². The average molecular weight is 348 g/mol. The largest absolute Gasteiger partial charge is 0.394 e. The minimum atomic E-state index is -0.394. The molecule has 6 heteroatoms. The van der Waals surface area contributed by atoms with Crippen molar-refractivity contribution in [1.29, 1.82) is 0 Å². The Morgan fingerprint density at radius 3 is 2.88 bits per heavy atom. The number of terminal acetylenes is 1. The van der Waals surface area contributed by atoms with Crippen molar-refractivity contribution in [2.45, 2.75) is 57.3 Å². The number of aromatic nitrogens is 3. The van der Waals surface area contributed by atoms with Gasteiger partial charge in [0.15, 0.2) is 0 Å². The normalized spacial score (nSPS) is 17.9. The van der Waals surface area contributed by atoms with E-state index in [4.69, 9.17) is 22.8 Å². The number of aliphatic hydroxyl groups excluding tert-OH is 1. The highest BCUT2D eigenvalue weighted by Gasteiger charge is 2.26. The second-order valence-corrected chi connectivity index (χ2v) is 6.64. The number of fused-ring (bicyclic) bond motifs is 1. The van der Waals surface area contributed by atoms with Crippen LogP contribution in [0.15, 0.2) is 12.5 Å². The molecule has 1 aliphatic rings. The van der Waals surface area contributed by atoms with Crippen LogP contribution in [0, 0.1) is 12.3 Å². The Kier molecular flexibility index (Phi) is 5.40. The number of halogens is 1. The van der Waals surface area contributed by atoms with Gasteiger partial charge in [-0.25, -0.2) is 9.97 Å². The molecule has 1 saturated carbocycles. The number of hydrogen-bond donors (Lipinski definition) is 1.